The standard InChI is InChI=1S/C28H31ClN4O4/c1-37-20-10-12-23(25(15-20)32-28(36)18-7-11-21-22(29)16-30-24(21)14-18)31-27(35)17-5-8-19(9-6-17)33-13-3-2-4-26(33)34/h5-9,11,14,16,20,23,25,30H,2-4,10,12-13,15H2,1H3,(H,31,35)(H,32,36)/t20-,23-,25+/m0/s1. The average molecular weight is 523 g/mol. The molecule has 0 bridgehead atoms. The van der Waals surface area contributed by atoms with Gasteiger partial charge in [0.15, 0.2) is 0 Å². The Balaban J connectivity index is 1.27. The van der Waals surface area contributed by atoms with Gasteiger partial charge in [0.05, 0.1) is 17.2 Å². The molecule has 3 atom stereocenters. The van der Waals surface area contributed by atoms with Gasteiger partial charge in [0.25, 0.3) is 11.8 Å². The van der Waals surface area contributed by atoms with E-state index in [1.54, 1.807) is 42.5 Å². The molecule has 1 saturated carbocycles. The highest BCUT2D eigenvalue weighted by molar-refractivity contribution is 6.35. The first-order valence-corrected chi connectivity index (χ1v) is 13.1. The molecule has 1 saturated heterocycles. The maximum absolute atomic E-state index is 13.1. The maximum Gasteiger partial charge on any atom is 0.251 e. The fourth-order valence-electron chi connectivity index (χ4n) is 5.29. The van der Waals surface area contributed by atoms with Crippen molar-refractivity contribution in [3.05, 3.63) is 64.8 Å². The smallest absolute Gasteiger partial charge is 0.251 e. The lowest BCUT2D eigenvalue weighted by atomic mass is 9.87. The van der Waals surface area contributed by atoms with E-state index in [1.807, 2.05) is 18.2 Å². The predicted molar refractivity (Wildman–Crippen MR) is 143 cm³/mol. The van der Waals surface area contributed by atoms with Gasteiger partial charge in [-0.05, 0) is 68.5 Å². The summed E-state index contributed by atoms with van der Waals surface area (Å²) in [4.78, 5) is 43.3. The van der Waals surface area contributed by atoms with Crippen LogP contribution in [0.15, 0.2) is 48.7 Å². The average Bonchev–Trinajstić information content (AvgIpc) is 3.29. The molecule has 2 fully saturated rings. The first-order valence-electron chi connectivity index (χ1n) is 12.7. The number of amides is 3. The second-order valence-corrected chi connectivity index (χ2v) is 10.2. The van der Waals surface area contributed by atoms with Crippen LogP contribution in [0.4, 0.5) is 5.69 Å². The van der Waals surface area contributed by atoms with E-state index in [2.05, 4.69) is 15.6 Å². The Morgan fingerprint density at radius 2 is 1.73 bits per heavy atom. The van der Waals surface area contributed by atoms with Gasteiger partial charge in [-0.3, -0.25) is 14.4 Å². The van der Waals surface area contributed by atoms with Gasteiger partial charge in [-0.15, -0.1) is 0 Å². The molecule has 3 aromatic rings. The second-order valence-electron chi connectivity index (χ2n) is 9.78. The summed E-state index contributed by atoms with van der Waals surface area (Å²) >= 11 is 6.16. The Kier molecular flexibility index (Phi) is 7.48. The molecule has 1 aliphatic heterocycles. The number of H-pyrrole nitrogens is 1. The van der Waals surface area contributed by atoms with Crippen molar-refractivity contribution in [1.82, 2.24) is 15.6 Å². The third-order valence-electron chi connectivity index (χ3n) is 7.43. The van der Waals surface area contributed by atoms with Crippen LogP contribution in [-0.2, 0) is 9.53 Å². The highest BCUT2D eigenvalue weighted by Gasteiger charge is 2.33. The fourth-order valence-corrected chi connectivity index (χ4v) is 5.50. The van der Waals surface area contributed by atoms with Crippen molar-refractivity contribution in [2.75, 3.05) is 18.6 Å². The van der Waals surface area contributed by atoms with Gasteiger partial charge < -0.3 is 25.3 Å². The first kappa shape index (κ1) is 25.3. The predicted octanol–water partition coefficient (Wildman–Crippen LogP) is 4.43. The maximum atomic E-state index is 13.1. The molecule has 2 aromatic carbocycles. The first-order chi connectivity index (χ1) is 17.9. The number of nitrogens with one attached hydrogen (secondary N) is 3. The molecule has 3 N–H and O–H groups in total. The third-order valence-corrected chi connectivity index (χ3v) is 7.74. The van der Waals surface area contributed by atoms with E-state index in [9.17, 15) is 14.4 Å². The number of nitrogens with zero attached hydrogens (tertiary/aromatic N) is 1. The minimum atomic E-state index is -0.289. The Bertz CT molecular complexity index is 1310. The number of anilines is 1. The molecule has 0 unspecified atom stereocenters. The summed E-state index contributed by atoms with van der Waals surface area (Å²) < 4.78 is 5.57. The molecule has 1 aliphatic carbocycles. The molecule has 3 amide bonds. The molecule has 5 rings (SSSR count). The Morgan fingerprint density at radius 3 is 2.49 bits per heavy atom. The van der Waals surface area contributed by atoms with E-state index in [-0.39, 0.29) is 35.9 Å². The number of hydrogen-bond donors (Lipinski definition) is 3. The van der Waals surface area contributed by atoms with Crippen molar-refractivity contribution in [3.8, 4) is 0 Å². The molecule has 1 aromatic heterocycles. The normalized spacial score (nSPS) is 22.2. The third kappa shape index (κ3) is 5.50. The number of piperidine rings is 1. The number of methoxy groups -OCH3 is 1. The largest absolute Gasteiger partial charge is 0.381 e. The highest BCUT2D eigenvalue weighted by Crippen LogP contribution is 2.26. The summed E-state index contributed by atoms with van der Waals surface area (Å²) in [6.07, 6.45) is 6.24. The zero-order valence-electron chi connectivity index (χ0n) is 20.8. The Morgan fingerprint density at radius 1 is 1.00 bits per heavy atom. The van der Waals surface area contributed by atoms with Gasteiger partial charge in [-0.1, -0.05) is 17.7 Å². The minimum Gasteiger partial charge on any atom is -0.381 e. The van der Waals surface area contributed by atoms with E-state index < -0.39 is 0 Å². The van der Waals surface area contributed by atoms with Crippen LogP contribution in [0.25, 0.3) is 10.9 Å². The number of benzene rings is 2. The van der Waals surface area contributed by atoms with Gasteiger partial charge in [0, 0.05) is 60.0 Å². The number of carbonyl (C=O) groups is 3. The van der Waals surface area contributed by atoms with Crippen LogP contribution >= 0.6 is 11.6 Å². The van der Waals surface area contributed by atoms with Gasteiger partial charge in [0.1, 0.15) is 0 Å². The molecule has 0 spiro atoms. The van der Waals surface area contributed by atoms with Gasteiger partial charge >= 0.3 is 0 Å². The number of rotatable bonds is 6. The lowest BCUT2D eigenvalue weighted by Crippen LogP contribution is -2.55. The number of aromatic nitrogens is 1. The van der Waals surface area contributed by atoms with Gasteiger partial charge in [0.2, 0.25) is 5.91 Å². The summed E-state index contributed by atoms with van der Waals surface area (Å²) in [6.45, 7) is 0.707. The van der Waals surface area contributed by atoms with Crippen LogP contribution in [0, 0.1) is 0 Å². The zero-order chi connectivity index (χ0) is 25.9. The quantitative estimate of drug-likeness (QED) is 0.445. The van der Waals surface area contributed by atoms with E-state index in [4.69, 9.17) is 16.3 Å². The summed E-state index contributed by atoms with van der Waals surface area (Å²) in [5.74, 6) is -0.307. The molecular formula is C28H31ClN4O4. The Labute approximate surface area is 220 Å². The van der Waals surface area contributed by atoms with Crippen molar-refractivity contribution in [2.45, 2.75) is 56.7 Å². The van der Waals surface area contributed by atoms with Crippen LogP contribution < -0.4 is 15.5 Å². The van der Waals surface area contributed by atoms with Crippen LogP contribution in [0.3, 0.4) is 0 Å². The van der Waals surface area contributed by atoms with Crippen molar-refractivity contribution < 1.29 is 19.1 Å². The molecule has 194 valence electrons. The van der Waals surface area contributed by atoms with Crippen LogP contribution in [-0.4, -0.2) is 54.5 Å². The SMILES string of the molecule is CO[C@H]1CC[C@H](NC(=O)c2ccc(N3CCCCC3=O)cc2)[C@H](NC(=O)c2ccc3c(Cl)c[nH]c3c2)C1. The number of carbonyl (C=O) groups excluding carboxylic acids is 3. The topological polar surface area (TPSA) is 104 Å². The van der Waals surface area contributed by atoms with Crippen molar-refractivity contribution in [3.63, 3.8) is 0 Å². The monoisotopic (exact) mass is 522 g/mol. The molecular weight excluding hydrogens is 492 g/mol. The van der Waals surface area contributed by atoms with Crippen molar-refractivity contribution in [1.29, 1.82) is 0 Å². The number of ether oxygens (including phenoxy) is 1. The van der Waals surface area contributed by atoms with Crippen molar-refractivity contribution >= 4 is 45.9 Å². The number of fused-ring (bicyclic) bond motifs is 1. The fraction of sp³-hybridized carbons (Fsp3) is 0.393. The molecule has 0 radical (unpaired) electrons. The Hall–Kier alpha value is -3.36. The minimum absolute atomic E-state index is 0.00418. The lowest BCUT2D eigenvalue weighted by molar-refractivity contribution is -0.119. The molecule has 9 heteroatoms. The second kappa shape index (κ2) is 10.9. The van der Waals surface area contributed by atoms with Crippen LogP contribution in [0.5, 0.6) is 0 Å². The summed E-state index contributed by atoms with van der Waals surface area (Å²) in [5, 5.41) is 7.69. The van der Waals surface area contributed by atoms with Crippen LogP contribution in [0.1, 0.15) is 59.2 Å². The molecule has 2 aliphatic rings. The lowest BCUT2D eigenvalue weighted by Gasteiger charge is -2.36. The zero-order valence-corrected chi connectivity index (χ0v) is 21.5. The van der Waals surface area contributed by atoms with Gasteiger partial charge in [-0.2, -0.15) is 0 Å². The van der Waals surface area contributed by atoms with E-state index in [0.29, 0.717) is 42.0 Å². The summed E-state index contributed by atoms with van der Waals surface area (Å²) in [5.41, 5.74) is 2.63. The number of hydrogen-bond acceptors (Lipinski definition) is 4. The van der Waals surface area contributed by atoms with E-state index >= 15 is 0 Å². The van der Waals surface area contributed by atoms with Gasteiger partial charge in [-0.25, -0.2) is 0 Å². The van der Waals surface area contributed by atoms with Crippen molar-refractivity contribution in [2.24, 2.45) is 0 Å². The summed E-state index contributed by atoms with van der Waals surface area (Å²) in [7, 11) is 1.67. The highest BCUT2D eigenvalue weighted by atomic mass is 35.5. The molecule has 8 nitrogen and oxygen atoms in total. The van der Waals surface area contributed by atoms with E-state index in [1.165, 1.54) is 0 Å². The van der Waals surface area contributed by atoms with E-state index in [0.717, 1.165) is 35.9 Å². The van der Waals surface area contributed by atoms with Crippen LogP contribution in [0.2, 0.25) is 5.02 Å². The number of halogens is 1. The molecule has 2 heterocycles. The molecule has 37 heavy (non-hydrogen) atoms. The number of aromatic amines is 1. The summed E-state index contributed by atoms with van der Waals surface area (Å²) in [6, 6.07) is 12.0.